The molecule has 2 aromatic carbocycles. The van der Waals surface area contributed by atoms with Gasteiger partial charge in [0.25, 0.3) is 0 Å². The van der Waals surface area contributed by atoms with Gasteiger partial charge < -0.3 is 24.2 Å². The van der Waals surface area contributed by atoms with Crippen LogP contribution in [0.15, 0.2) is 82.0 Å². The van der Waals surface area contributed by atoms with E-state index in [2.05, 4.69) is 0 Å². The first kappa shape index (κ1) is 28.5. The number of carbonyl (C=O) groups excluding carboxylic acids is 3. The average Bonchev–Trinajstić information content (AvgIpc) is 3.41. The van der Waals surface area contributed by atoms with E-state index in [1.807, 2.05) is 71.8 Å². The largest absolute Gasteiger partial charge is 0.489 e. The van der Waals surface area contributed by atoms with Crippen LogP contribution < -0.4 is 4.74 Å². The van der Waals surface area contributed by atoms with Crippen LogP contribution in [0.3, 0.4) is 0 Å². The molecule has 9 nitrogen and oxygen atoms in total. The summed E-state index contributed by atoms with van der Waals surface area (Å²) in [4.78, 5) is 48.7. The maximum absolute atomic E-state index is 13.4. The first-order valence-electron chi connectivity index (χ1n) is 13.7. The van der Waals surface area contributed by atoms with Crippen LogP contribution in [-0.4, -0.2) is 70.9 Å². The second kappa shape index (κ2) is 12.6. The second-order valence-corrected chi connectivity index (χ2v) is 10.8. The van der Waals surface area contributed by atoms with Gasteiger partial charge in [-0.3, -0.25) is 9.59 Å². The van der Waals surface area contributed by atoms with Crippen molar-refractivity contribution in [1.29, 1.82) is 0 Å². The zero-order valence-corrected chi connectivity index (χ0v) is 24.4. The summed E-state index contributed by atoms with van der Waals surface area (Å²) >= 11 is 1.45. The van der Waals surface area contributed by atoms with E-state index in [1.165, 1.54) is 18.9 Å². The van der Waals surface area contributed by atoms with Crippen LogP contribution in [0.25, 0.3) is 0 Å². The van der Waals surface area contributed by atoms with Crippen LogP contribution in [0, 0.1) is 0 Å². The normalized spacial score (nSPS) is 18.5. The Bertz CT molecular complexity index is 1410. The first-order chi connectivity index (χ1) is 19.9. The van der Waals surface area contributed by atoms with Gasteiger partial charge in [0.2, 0.25) is 11.8 Å². The van der Waals surface area contributed by atoms with E-state index in [4.69, 9.17) is 14.5 Å². The number of amidine groups is 1. The Balaban J connectivity index is 1.43. The molecule has 0 spiro atoms. The van der Waals surface area contributed by atoms with Gasteiger partial charge in [0.05, 0.1) is 30.8 Å². The molecule has 10 heteroatoms. The molecular formula is C31H34N4O5S. The van der Waals surface area contributed by atoms with Crippen LogP contribution in [0.5, 0.6) is 5.75 Å². The van der Waals surface area contributed by atoms with Crippen LogP contribution in [-0.2, 0) is 25.7 Å². The molecule has 214 valence electrons. The van der Waals surface area contributed by atoms with Crippen molar-refractivity contribution >= 4 is 34.7 Å². The highest BCUT2D eigenvalue weighted by Crippen LogP contribution is 2.46. The minimum Gasteiger partial charge on any atom is -0.489 e. The van der Waals surface area contributed by atoms with Crippen LogP contribution >= 0.6 is 11.8 Å². The number of thioether (sulfide) groups is 1. The summed E-state index contributed by atoms with van der Waals surface area (Å²) < 4.78 is 11.4. The second-order valence-electron chi connectivity index (χ2n) is 10.0. The minimum atomic E-state index is -0.534. The zero-order valence-electron chi connectivity index (χ0n) is 23.5. The molecule has 1 unspecified atom stereocenters. The molecule has 0 bridgehead atoms. The van der Waals surface area contributed by atoms with Crippen molar-refractivity contribution in [3.63, 3.8) is 0 Å². The van der Waals surface area contributed by atoms with Gasteiger partial charge in [-0.05, 0) is 35.1 Å². The van der Waals surface area contributed by atoms with E-state index < -0.39 is 12.0 Å². The van der Waals surface area contributed by atoms with E-state index in [9.17, 15) is 14.4 Å². The fourth-order valence-electron chi connectivity index (χ4n) is 5.28. The molecule has 0 radical (unpaired) electrons. The summed E-state index contributed by atoms with van der Waals surface area (Å²) in [7, 11) is 1.37. The third-order valence-corrected chi connectivity index (χ3v) is 8.35. The van der Waals surface area contributed by atoms with Gasteiger partial charge in [-0.15, -0.1) is 0 Å². The number of fused-ring (bicyclic) bond motifs is 1. The van der Waals surface area contributed by atoms with E-state index in [0.717, 1.165) is 22.0 Å². The van der Waals surface area contributed by atoms with Crippen molar-refractivity contribution < 1.29 is 23.9 Å². The number of rotatable bonds is 8. The van der Waals surface area contributed by atoms with Gasteiger partial charge in [0.15, 0.2) is 5.17 Å². The van der Waals surface area contributed by atoms with Crippen LogP contribution in [0.4, 0.5) is 0 Å². The van der Waals surface area contributed by atoms with Crippen molar-refractivity contribution in [3.05, 3.63) is 88.1 Å². The molecule has 3 aliphatic heterocycles. The fraction of sp³-hybridized carbons (Fsp3) is 0.355. The molecule has 2 amide bonds. The SMILES string of the molecule is CCC1=C(C(=O)OC)C(c2cccc(OCc3ccccc3)c2)N2C(CC(=O)N3CCN(C(C)=O)CC3)=CSC2=N1. The van der Waals surface area contributed by atoms with Gasteiger partial charge in [-0.25, -0.2) is 9.79 Å². The Morgan fingerprint density at radius 1 is 1.00 bits per heavy atom. The maximum atomic E-state index is 13.4. The molecule has 2 aromatic rings. The van der Waals surface area contributed by atoms with E-state index >= 15 is 0 Å². The number of methoxy groups -OCH3 is 1. The molecule has 41 heavy (non-hydrogen) atoms. The van der Waals surface area contributed by atoms with Gasteiger partial charge in [-0.2, -0.15) is 0 Å². The molecule has 0 saturated carbocycles. The third kappa shape index (κ3) is 6.17. The molecule has 3 heterocycles. The van der Waals surface area contributed by atoms with Crippen molar-refractivity contribution in [2.24, 2.45) is 4.99 Å². The van der Waals surface area contributed by atoms with Crippen molar-refractivity contribution in [1.82, 2.24) is 14.7 Å². The van der Waals surface area contributed by atoms with Gasteiger partial charge in [-0.1, -0.05) is 61.2 Å². The number of ether oxygens (including phenoxy) is 2. The predicted molar refractivity (Wildman–Crippen MR) is 158 cm³/mol. The number of piperazine rings is 1. The summed E-state index contributed by atoms with van der Waals surface area (Å²) in [6.45, 7) is 5.98. The lowest BCUT2D eigenvalue weighted by molar-refractivity contribution is -0.138. The maximum Gasteiger partial charge on any atom is 0.338 e. The quantitative estimate of drug-likeness (QED) is 0.429. The number of hydrogen-bond donors (Lipinski definition) is 0. The van der Waals surface area contributed by atoms with Crippen molar-refractivity contribution in [3.8, 4) is 5.75 Å². The summed E-state index contributed by atoms with van der Waals surface area (Å²) in [6, 6.07) is 17.1. The monoisotopic (exact) mass is 574 g/mol. The molecule has 0 aliphatic carbocycles. The molecular weight excluding hydrogens is 540 g/mol. The number of allylic oxidation sites excluding steroid dienone is 1. The lowest BCUT2D eigenvalue weighted by atomic mass is 9.92. The van der Waals surface area contributed by atoms with Crippen LogP contribution in [0.1, 0.15) is 43.9 Å². The van der Waals surface area contributed by atoms with E-state index in [1.54, 1.807) is 16.7 Å². The summed E-state index contributed by atoms with van der Waals surface area (Å²) in [6.07, 6.45) is 0.709. The van der Waals surface area contributed by atoms with Gasteiger partial charge in [0, 0.05) is 38.8 Å². The number of esters is 1. The molecule has 5 rings (SSSR count). The van der Waals surface area contributed by atoms with Gasteiger partial charge >= 0.3 is 5.97 Å². The number of carbonyl (C=O) groups is 3. The molecule has 0 aromatic heterocycles. The third-order valence-electron chi connectivity index (χ3n) is 7.46. The molecule has 1 fully saturated rings. The first-order valence-corrected chi connectivity index (χ1v) is 14.6. The number of nitrogens with zero attached hydrogens (tertiary/aromatic N) is 4. The lowest BCUT2D eigenvalue weighted by Crippen LogP contribution is -2.50. The highest BCUT2D eigenvalue weighted by Gasteiger charge is 2.42. The molecule has 1 saturated heterocycles. The Hall–Kier alpha value is -4.05. The Morgan fingerprint density at radius 3 is 2.41 bits per heavy atom. The van der Waals surface area contributed by atoms with Crippen molar-refractivity contribution in [2.75, 3.05) is 33.3 Å². The topological polar surface area (TPSA) is 91.8 Å². The number of amides is 2. The minimum absolute atomic E-state index is 0.0212. The Kier molecular flexibility index (Phi) is 8.78. The van der Waals surface area contributed by atoms with Crippen molar-refractivity contribution in [2.45, 2.75) is 39.3 Å². The summed E-state index contributed by atoms with van der Waals surface area (Å²) in [5, 5.41) is 2.66. The smallest absolute Gasteiger partial charge is 0.338 e. The van der Waals surface area contributed by atoms with Crippen LogP contribution in [0.2, 0.25) is 0 Å². The summed E-state index contributed by atoms with van der Waals surface area (Å²) in [5.41, 5.74) is 3.78. The standard InChI is InChI=1S/C31H34N4O5S/c1-4-26-28(30(38)39-3)29(23-11-8-12-25(17-23)40-19-22-9-6-5-7-10-22)35-24(20-41-31(35)32-26)18-27(37)34-15-13-33(14-16-34)21(2)36/h5-12,17,20,29H,4,13-16,18-19H2,1-3H3. The number of benzene rings is 2. The lowest BCUT2D eigenvalue weighted by Gasteiger charge is -2.38. The summed E-state index contributed by atoms with van der Waals surface area (Å²) in [5.74, 6) is 0.223. The molecule has 1 atom stereocenters. The van der Waals surface area contributed by atoms with E-state index in [0.29, 0.717) is 56.2 Å². The highest BCUT2D eigenvalue weighted by atomic mass is 32.2. The van der Waals surface area contributed by atoms with E-state index in [-0.39, 0.29) is 18.2 Å². The Labute approximate surface area is 244 Å². The van der Waals surface area contributed by atoms with Gasteiger partial charge in [0.1, 0.15) is 12.4 Å². The number of aliphatic imine (C=N–C) groups is 1. The Morgan fingerprint density at radius 2 is 1.73 bits per heavy atom. The number of hydrogen-bond acceptors (Lipinski definition) is 8. The zero-order chi connectivity index (χ0) is 28.9. The average molecular weight is 575 g/mol. The fourth-order valence-corrected chi connectivity index (χ4v) is 6.22. The molecule has 0 N–H and O–H groups in total. The highest BCUT2D eigenvalue weighted by molar-refractivity contribution is 8.16. The molecule has 3 aliphatic rings. The predicted octanol–water partition coefficient (Wildman–Crippen LogP) is 4.48.